The minimum Gasteiger partial charge on any atom is -0.438 e. The van der Waals surface area contributed by atoms with Crippen molar-refractivity contribution in [3.63, 3.8) is 0 Å². The number of halogens is 1. The van der Waals surface area contributed by atoms with Gasteiger partial charge in [0, 0.05) is 10.9 Å². The second kappa shape index (κ2) is 6.68. The summed E-state index contributed by atoms with van der Waals surface area (Å²) in [6.45, 7) is 0. The van der Waals surface area contributed by atoms with Gasteiger partial charge in [-0.15, -0.1) is 0 Å². The van der Waals surface area contributed by atoms with Crippen LogP contribution < -0.4 is 0 Å². The molecule has 0 amide bonds. The Labute approximate surface area is 177 Å². The normalized spacial score (nSPS) is 11.5. The molecule has 3 nitrogen and oxygen atoms in total. The average Bonchev–Trinajstić information content (AvgIpc) is 3.16. The molecule has 4 heteroatoms. The van der Waals surface area contributed by atoms with Crippen LogP contribution in [-0.2, 0) is 0 Å². The van der Waals surface area contributed by atoms with Crippen molar-refractivity contribution in [2.24, 2.45) is 0 Å². The highest BCUT2D eigenvalue weighted by atomic mass is 35.5. The Morgan fingerprint density at radius 3 is 2.20 bits per heavy atom. The topological polar surface area (TPSA) is 38.9 Å². The lowest BCUT2D eigenvalue weighted by atomic mass is 9.96. The fourth-order valence-electron chi connectivity index (χ4n) is 4.09. The molecule has 2 heterocycles. The third-order valence-electron chi connectivity index (χ3n) is 5.47. The van der Waals surface area contributed by atoms with Gasteiger partial charge in [0.05, 0.1) is 11.1 Å². The molecule has 2 aromatic heterocycles. The highest BCUT2D eigenvalue weighted by molar-refractivity contribution is 6.29. The largest absolute Gasteiger partial charge is 0.438 e. The molecule has 0 aliphatic rings. The van der Waals surface area contributed by atoms with Gasteiger partial charge in [-0.3, -0.25) is 0 Å². The van der Waals surface area contributed by atoms with Gasteiger partial charge >= 0.3 is 0 Å². The third kappa shape index (κ3) is 2.67. The van der Waals surface area contributed by atoms with Crippen LogP contribution in [0.5, 0.6) is 0 Å². The lowest BCUT2D eigenvalue weighted by Gasteiger charge is -2.09. The maximum absolute atomic E-state index is 6.21. The van der Waals surface area contributed by atoms with Crippen molar-refractivity contribution in [2.75, 3.05) is 0 Å². The van der Waals surface area contributed by atoms with Crippen molar-refractivity contribution >= 4 is 44.4 Å². The van der Waals surface area contributed by atoms with Gasteiger partial charge in [-0.1, -0.05) is 84.9 Å². The van der Waals surface area contributed by atoms with Crippen LogP contribution in [0.1, 0.15) is 0 Å². The SMILES string of the molecule is Clc1nc(-c2ccc(-c3cccc4ccccc34)cc2)c2c(n1)oc1ccccc12. The summed E-state index contributed by atoms with van der Waals surface area (Å²) in [5.74, 6) is 0. The summed E-state index contributed by atoms with van der Waals surface area (Å²) in [6, 6.07) is 31.1. The molecular formula is C26H15ClN2O. The Bertz CT molecular complexity index is 1550. The number of fused-ring (bicyclic) bond motifs is 4. The van der Waals surface area contributed by atoms with Crippen molar-refractivity contribution in [3.05, 3.63) is 96.3 Å². The average molecular weight is 407 g/mol. The van der Waals surface area contributed by atoms with Crippen LogP contribution in [0.2, 0.25) is 5.28 Å². The van der Waals surface area contributed by atoms with E-state index in [1.165, 1.54) is 16.3 Å². The van der Waals surface area contributed by atoms with E-state index in [0.717, 1.165) is 33.2 Å². The van der Waals surface area contributed by atoms with E-state index in [2.05, 4.69) is 76.7 Å². The molecule has 0 aliphatic carbocycles. The number of aromatic nitrogens is 2. The van der Waals surface area contributed by atoms with E-state index < -0.39 is 0 Å². The lowest BCUT2D eigenvalue weighted by molar-refractivity contribution is 0.653. The van der Waals surface area contributed by atoms with Crippen LogP contribution in [-0.4, -0.2) is 9.97 Å². The molecule has 142 valence electrons. The maximum Gasteiger partial charge on any atom is 0.232 e. The Kier molecular flexibility index (Phi) is 3.83. The van der Waals surface area contributed by atoms with E-state index in [1.54, 1.807) is 0 Å². The quantitative estimate of drug-likeness (QED) is 0.279. The standard InChI is InChI=1S/C26H15ClN2O/c27-26-28-24(23-21-9-3-4-11-22(21)30-25(23)29-26)18-14-12-17(13-15-18)20-10-5-7-16-6-1-2-8-19(16)20/h1-15H. The number of hydrogen-bond acceptors (Lipinski definition) is 3. The molecule has 0 bridgehead atoms. The van der Waals surface area contributed by atoms with Crippen molar-refractivity contribution in [1.82, 2.24) is 9.97 Å². The fourth-order valence-corrected chi connectivity index (χ4v) is 4.25. The summed E-state index contributed by atoms with van der Waals surface area (Å²) in [5, 5.41) is 4.51. The van der Waals surface area contributed by atoms with Crippen LogP contribution in [0.4, 0.5) is 0 Å². The van der Waals surface area contributed by atoms with Crippen LogP contribution in [0, 0.1) is 0 Å². The second-order valence-corrected chi connectivity index (χ2v) is 7.56. The van der Waals surface area contributed by atoms with E-state index in [-0.39, 0.29) is 5.28 Å². The highest BCUT2D eigenvalue weighted by Gasteiger charge is 2.16. The minimum absolute atomic E-state index is 0.176. The van der Waals surface area contributed by atoms with Crippen LogP contribution >= 0.6 is 11.6 Å². The fraction of sp³-hybridized carbons (Fsp3) is 0. The zero-order valence-electron chi connectivity index (χ0n) is 15.8. The van der Waals surface area contributed by atoms with E-state index in [0.29, 0.717) is 5.71 Å². The first-order chi connectivity index (χ1) is 14.8. The van der Waals surface area contributed by atoms with Crippen molar-refractivity contribution in [1.29, 1.82) is 0 Å². The summed E-state index contributed by atoms with van der Waals surface area (Å²) in [6.07, 6.45) is 0. The summed E-state index contributed by atoms with van der Waals surface area (Å²) >= 11 is 6.21. The van der Waals surface area contributed by atoms with E-state index in [9.17, 15) is 0 Å². The molecule has 6 aromatic rings. The molecule has 0 saturated carbocycles. The summed E-state index contributed by atoms with van der Waals surface area (Å²) < 4.78 is 5.90. The number of rotatable bonds is 2. The molecular weight excluding hydrogens is 392 g/mol. The molecule has 6 rings (SSSR count). The predicted octanol–water partition coefficient (Wildman–Crippen LogP) is 7.52. The van der Waals surface area contributed by atoms with Crippen LogP contribution in [0.25, 0.3) is 55.2 Å². The second-order valence-electron chi connectivity index (χ2n) is 7.22. The van der Waals surface area contributed by atoms with Crippen LogP contribution in [0.3, 0.4) is 0 Å². The van der Waals surface area contributed by atoms with Gasteiger partial charge in [-0.2, -0.15) is 4.98 Å². The minimum atomic E-state index is 0.176. The number of benzene rings is 4. The van der Waals surface area contributed by atoms with Gasteiger partial charge in [0.15, 0.2) is 0 Å². The Hall–Kier alpha value is -3.69. The number of hydrogen-bond donors (Lipinski definition) is 0. The first-order valence-corrected chi connectivity index (χ1v) is 10.1. The molecule has 4 aromatic carbocycles. The number of para-hydroxylation sites is 1. The molecule has 30 heavy (non-hydrogen) atoms. The van der Waals surface area contributed by atoms with E-state index in [4.69, 9.17) is 16.0 Å². The lowest BCUT2D eigenvalue weighted by Crippen LogP contribution is -1.90. The van der Waals surface area contributed by atoms with Gasteiger partial charge < -0.3 is 4.42 Å². The number of nitrogens with zero attached hydrogens (tertiary/aromatic N) is 2. The van der Waals surface area contributed by atoms with Gasteiger partial charge in [0.2, 0.25) is 11.0 Å². The molecule has 0 radical (unpaired) electrons. The molecule has 0 unspecified atom stereocenters. The van der Waals surface area contributed by atoms with Crippen molar-refractivity contribution < 1.29 is 4.42 Å². The summed E-state index contributed by atoms with van der Waals surface area (Å²) in [5.41, 5.74) is 5.39. The third-order valence-corrected chi connectivity index (χ3v) is 5.64. The monoisotopic (exact) mass is 406 g/mol. The van der Waals surface area contributed by atoms with Gasteiger partial charge in [-0.05, 0) is 39.6 Å². The smallest absolute Gasteiger partial charge is 0.232 e. The van der Waals surface area contributed by atoms with Crippen molar-refractivity contribution in [2.45, 2.75) is 0 Å². The summed E-state index contributed by atoms with van der Waals surface area (Å²) in [4.78, 5) is 8.83. The van der Waals surface area contributed by atoms with E-state index in [1.807, 2.05) is 24.3 Å². The first kappa shape index (κ1) is 17.2. The summed E-state index contributed by atoms with van der Waals surface area (Å²) in [7, 11) is 0. The molecule has 0 saturated heterocycles. The van der Waals surface area contributed by atoms with Gasteiger partial charge in [-0.25, -0.2) is 4.98 Å². The molecule has 0 spiro atoms. The molecule has 0 aliphatic heterocycles. The predicted molar refractivity (Wildman–Crippen MR) is 123 cm³/mol. The first-order valence-electron chi connectivity index (χ1n) is 9.71. The van der Waals surface area contributed by atoms with Gasteiger partial charge in [0.1, 0.15) is 5.58 Å². The molecule has 0 N–H and O–H groups in total. The van der Waals surface area contributed by atoms with Gasteiger partial charge in [0.25, 0.3) is 0 Å². The maximum atomic E-state index is 6.21. The molecule has 0 fully saturated rings. The number of furan rings is 1. The van der Waals surface area contributed by atoms with Crippen molar-refractivity contribution in [3.8, 4) is 22.4 Å². The highest BCUT2D eigenvalue weighted by Crippen LogP contribution is 2.36. The van der Waals surface area contributed by atoms with E-state index >= 15 is 0 Å². The van der Waals surface area contributed by atoms with Crippen LogP contribution in [0.15, 0.2) is 95.4 Å². The molecule has 0 atom stereocenters. The zero-order chi connectivity index (χ0) is 20.1. The Balaban J connectivity index is 1.54. The zero-order valence-corrected chi connectivity index (χ0v) is 16.6. The Morgan fingerprint density at radius 1 is 0.633 bits per heavy atom. The Morgan fingerprint density at radius 2 is 1.33 bits per heavy atom.